The number of hydrogen-bond acceptors (Lipinski definition) is 5. The molecule has 8 nitrogen and oxygen atoms in total. The van der Waals surface area contributed by atoms with Gasteiger partial charge in [-0.15, -0.1) is 0 Å². The van der Waals surface area contributed by atoms with Crippen LogP contribution in [0.4, 0.5) is 0 Å². The number of nitrogens with one attached hydrogen (secondary N) is 2. The third kappa shape index (κ3) is 8.08. The summed E-state index contributed by atoms with van der Waals surface area (Å²) in [4.78, 5) is 22.4. The third-order valence-corrected chi connectivity index (χ3v) is 3.69. The molecule has 0 spiro atoms. The van der Waals surface area contributed by atoms with E-state index >= 15 is 0 Å². The lowest BCUT2D eigenvalue weighted by atomic mass is 10.1. The van der Waals surface area contributed by atoms with Crippen molar-refractivity contribution in [1.29, 1.82) is 0 Å². The van der Waals surface area contributed by atoms with Gasteiger partial charge in [0.1, 0.15) is 6.04 Å². The number of hydrogen-bond donors (Lipinski definition) is 3. The van der Waals surface area contributed by atoms with Crippen LogP contribution in [0, 0.1) is 5.92 Å². The van der Waals surface area contributed by atoms with Gasteiger partial charge in [0.15, 0.2) is 0 Å². The van der Waals surface area contributed by atoms with Crippen LogP contribution in [-0.2, 0) is 24.3 Å². The fourth-order valence-corrected chi connectivity index (χ4v) is 2.13. The summed E-state index contributed by atoms with van der Waals surface area (Å²) < 4.78 is 29.9. The van der Waals surface area contributed by atoms with E-state index in [1.165, 1.54) is 0 Å². The second-order valence-electron chi connectivity index (χ2n) is 4.46. The molecule has 0 saturated heterocycles. The van der Waals surface area contributed by atoms with Crippen LogP contribution < -0.4 is 10.0 Å². The van der Waals surface area contributed by atoms with Crippen molar-refractivity contribution >= 4 is 21.9 Å². The zero-order valence-corrected chi connectivity index (χ0v) is 12.7. The predicted octanol–water partition coefficient (Wildman–Crippen LogP) is -0.832. The minimum absolute atomic E-state index is 0.0389. The van der Waals surface area contributed by atoms with Crippen molar-refractivity contribution in [2.24, 2.45) is 5.92 Å². The molecule has 0 aromatic heterocycles. The molecule has 1 amide bonds. The van der Waals surface area contributed by atoms with Crippen LogP contribution in [0.25, 0.3) is 0 Å². The number of carboxylic acid groups (broad SMARTS) is 1. The van der Waals surface area contributed by atoms with Gasteiger partial charge in [-0.25, -0.2) is 17.9 Å². The molecular formula is C11H22N2O6S. The second-order valence-corrected chi connectivity index (χ2v) is 6.39. The van der Waals surface area contributed by atoms with E-state index in [2.05, 4.69) is 10.0 Å². The number of rotatable bonds is 10. The Morgan fingerprint density at radius 3 is 2.35 bits per heavy atom. The lowest BCUT2D eigenvalue weighted by Crippen LogP contribution is -2.48. The highest BCUT2D eigenvalue weighted by Crippen LogP contribution is 2.01. The number of sulfonamides is 1. The summed E-state index contributed by atoms with van der Waals surface area (Å²) in [5.41, 5.74) is 0. The molecule has 118 valence electrons. The molecule has 0 rings (SSSR count). The predicted molar refractivity (Wildman–Crippen MR) is 72.7 cm³/mol. The summed E-state index contributed by atoms with van der Waals surface area (Å²) in [6.07, 6.45) is 0. The number of carbonyl (C=O) groups excluding carboxylic acids is 1. The zero-order valence-electron chi connectivity index (χ0n) is 11.9. The lowest BCUT2D eigenvalue weighted by Gasteiger charge is -2.18. The van der Waals surface area contributed by atoms with Crippen LogP contribution in [0.15, 0.2) is 0 Å². The minimum Gasteiger partial charge on any atom is -0.480 e. The molecule has 0 aliphatic carbocycles. The maximum Gasteiger partial charge on any atom is 0.326 e. The normalized spacial score (nSPS) is 13.2. The first-order chi connectivity index (χ1) is 9.19. The number of ether oxygens (including phenoxy) is 1. The highest BCUT2D eigenvalue weighted by Gasteiger charge is 2.23. The molecule has 1 atom stereocenters. The van der Waals surface area contributed by atoms with Crippen molar-refractivity contribution in [3.05, 3.63) is 0 Å². The van der Waals surface area contributed by atoms with Crippen molar-refractivity contribution in [1.82, 2.24) is 10.0 Å². The summed E-state index contributed by atoms with van der Waals surface area (Å²) in [5, 5.41) is 11.2. The maximum atomic E-state index is 11.5. The number of aliphatic carboxylic acids is 1. The van der Waals surface area contributed by atoms with Gasteiger partial charge in [0, 0.05) is 6.61 Å². The van der Waals surface area contributed by atoms with E-state index in [0.717, 1.165) is 0 Å². The highest BCUT2D eigenvalue weighted by atomic mass is 32.2. The highest BCUT2D eigenvalue weighted by molar-refractivity contribution is 7.89. The van der Waals surface area contributed by atoms with E-state index in [1.54, 1.807) is 20.8 Å². The van der Waals surface area contributed by atoms with Crippen LogP contribution in [-0.4, -0.2) is 57.0 Å². The van der Waals surface area contributed by atoms with Crippen molar-refractivity contribution in [3.63, 3.8) is 0 Å². The topological polar surface area (TPSA) is 122 Å². The fourth-order valence-electron chi connectivity index (χ4n) is 1.30. The van der Waals surface area contributed by atoms with Crippen LogP contribution in [0.3, 0.4) is 0 Å². The van der Waals surface area contributed by atoms with Gasteiger partial charge >= 0.3 is 5.97 Å². The number of carbonyl (C=O) groups is 2. The van der Waals surface area contributed by atoms with Gasteiger partial charge in [-0.1, -0.05) is 13.8 Å². The van der Waals surface area contributed by atoms with E-state index in [9.17, 15) is 18.0 Å². The van der Waals surface area contributed by atoms with E-state index in [4.69, 9.17) is 9.84 Å². The van der Waals surface area contributed by atoms with E-state index in [0.29, 0.717) is 6.61 Å². The van der Waals surface area contributed by atoms with E-state index < -0.39 is 34.5 Å². The molecule has 0 radical (unpaired) electrons. The van der Waals surface area contributed by atoms with Gasteiger partial charge < -0.3 is 15.2 Å². The summed E-state index contributed by atoms with van der Waals surface area (Å²) in [5.74, 6) is -2.40. The summed E-state index contributed by atoms with van der Waals surface area (Å²) in [7, 11) is -3.61. The Kier molecular flexibility index (Phi) is 8.35. The van der Waals surface area contributed by atoms with Gasteiger partial charge in [0.05, 0.1) is 18.9 Å². The Bertz CT molecular complexity index is 421. The fraction of sp³-hybridized carbons (Fsp3) is 0.818. The average Bonchev–Trinajstić information content (AvgIpc) is 2.33. The van der Waals surface area contributed by atoms with E-state index in [1.807, 2.05) is 0 Å². The van der Waals surface area contributed by atoms with Gasteiger partial charge in [0.2, 0.25) is 15.9 Å². The molecule has 0 aliphatic rings. The lowest BCUT2D eigenvalue weighted by molar-refractivity contribution is -0.142. The molecule has 0 aromatic rings. The van der Waals surface area contributed by atoms with Crippen molar-refractivity contribution in [2.75, 3.05) is 25.5 Å². The Labute approximate surface area is 118 Å². The molecule has 20 heavy (non-hydrogen) atoms. The van der Waals surface area contributed by atoms with Crippen LogP contribution in [0.5, 0.6) is 0 Å². The molecule has 0 aliphatic heterocycles. The monoisotopic (exact) mass is 310 g/mol. The van der Waals surface area contributed by atoms with Crippen molar-refractivity contribution < 1.29 is 27.9 Å². The summed E-state index contributed by atoms with van der Waals surface area (Å²) in [6, 6.07) is -1.05. The Morgan fingerprint density at radius 1 is 1.30 bits per heavy atom. The molecule has 0 heterocycles. The second kappa shape index (κ2) is 8.88. The minimum atomic E-state index is -3.61. The van der Waals surface area contributed by atoms with Crippen LogP contribution in [0.1, 0.15) is 20.8 Å². The molecule has 9 heteroatoms. The molecular weight excluding hydrogens is 288 g/mol. The van der Waals surface area contributed by atoms with Crippen molar-refractivity contribution in [3.8, 4) is 0 Å². The van der Waals surface area contributed by atoms with Gasteiger partial charge in [0.25, 0.3) is 0 Å². The SMILES string of the molecule is CCOCCS(=O)(=O)NCC(=O)N[C@H](C(=O)O)C(C)C. The molecule has 0 fully saturated rings. The molecule has 3 N–H and O–H groups in total. The number of carboxylic acids is 1. The third-order valence-electron chi connectivity index (χ3n) is 2.40. The zero-order chi connectivity index (χ0) is 15.8. The maximum absolute atomic E-state index is 11.5. The standard InChI is InChI=1S/C11H22N2O6S/c1-4-19-5-6-20(17,18)12-7-9(14)13-10(8(2)3)11(15)16/h8,10,12H,4-7H2,1-3H3,(H,13,14)(H,15,16)/t10-/m0/s1. The first-order valence-electron chi connectivity index (χ1n) is 6.26. The van der Waals surface area contributed by atoms with Gasteiger partial charge in [-0.05, 0) is 12.8 Å². The smallest absolute Gasteiger partial charge is 0.326 e. The quantitative estimate of drug-likeness (QED) is 0.453. The average molecular weight is 310 g/mol. The molecule has 0 bridgehead atoms. The van der Waals surface area contributed by atoms with Crippen LogP contribution >= 0.6 is 0 Å². The largest absolute Gasteiger partial charge is 0.480 e. The van der Waals surface area contributed by atoms with E-state index in [-0.39, 0.29) is 18.3 Å². The van der Waals surface area contributed by atoms with Gasteiger partial charge in [-0.3, -0.25) is 4.79 Å². The Hall–Kier alpha value is -1.19. The first kappa shape index (κ1) is 18.8. The summed E-state index contributed by atoms with van der Waals surface area (Å²) >= 11 is 0. The Balaban J connectivity index is 4.24. The first-order valence-corrected chi connectivity index (χ1v) is 7.92. The van der Waals surface area contributed by atoms with Crippen LogP contribution in [0.2, 0.25) is 0 Å². The van der Waals surface area contributed by atoms with Crippen molar-refractivity contribution in [2.45, 2.75) is 26.8 Å². The van der Waals surface area contributed by atoms with Gasteiger partial charge in [-0.2, -0.15) is 0 Å². The Morgan fingerprint density at radius 2 is 1.90 bits per heavy atom. The summed E-state index contributed by atoms with van der Waals surface area (Å²) in [6.45, 7) is 4.98. The number of amides is 1. The molecule has 0 unspecified atom stereocenters. The molecule has 0 aromatic carbocycles. The molecule has 0 saturated carbocycles.